The Bertz CT molecular complexity index is 665. The highest BCUT2D eigenvalue weighted by Crippen LogP contribution is 2.36. The number of ether oxygens (including phenoxy) is 2. The lowest BCUT2D eigenvalue weighted by atomic mass is 10.1. The van der Waals surface area contributed by atoms with E-state index in [1.165, 1.54) is 16.7 Å². The van der Waals surface area contributed by atoms with Crippen LogP contribution in [0.4, 0.5) is 10.5 Å². The Morgan fingerprint density at radius 3 is 2.83 bits per heavy atom. The Hall–Kier alpha value is -2.77. The van der Waals surface area contributed by atoms with Crippen LogP contribution < -0.4 is 15.0 Å². The summed E-state index contributed by atoms with van der Waals surface area (Å²) in [6, 6.07) is 6.79. The third-order valence-electron chi connectivity index (χ3n) is 4.14. The molecule has 0 aliphatic carbocycles. The van der Waals surface area contributed by atoms with E-state index in [4.69, 9.17) is 9.47 Å². The molecule has 24 heavy (non-hydrogen) atoms. The summed E-state index contributed by atoms with van der Waals surface area (Å²) in [5.41, 5.74) is 0.665. The van der Waals surface area contributed by atoms with Gasteiger partial charge >= 0.3 is 6.09 Å². The zero-order valence-electron chi connectivity index (χ0n) is 13.5. The SMILES string of the molecule is CC(=O)NC[C@H]1CN(C2Oc3ccccc3N(C=O)C2C)C(=O)O1. The van der Waals surface area contributed by atoms with Crippen molar-refractivity contribution in [1.29, 1.82) is 0 Å². The number of hydrogen-bond acceptors (Lipinski definition) is 5. The molecule has 8 heteroatoms. The maximum Gasteiger partial charge on any atom is 0.413 e. The number of amides is 3. The van der Waals surface area contributed by atoms with E-state index in [9.17, 15) is 14.4 Å². The van der Waals surface area contributed by atoms with Crippen molar-refractivity contribution < 1.29 is 23.9 Å². The molecule has 1 aromatic rings. The number of nitrogens with one attached hydrogen (secondary N) is 1. The second-order valence-corrected chi connectivity index (χ2v) is 5.82. The van der Waals surface area contributed by atoms with Crippen LogP contribution in [-0.4, -0.2) is 54.8 Å². The summed E-state index contributed by atoms with van der Waals surface area (Å²) < 4.78 is 11.2. The van der Waals surface area contributed by atoms with E-state index in [0.29, 0.717) is 11.4 Å². The summed E-state index contributed by atoms with van der Waals surface area (Å²) in [6.45, 7) is 3.73. The van der Waals surface area contributed by atoms with Crippen molar-refractivity contribution in [2.24, 2.45) is 0 Å². The zero-order chi connectivity index (χ0) is 17.3. The van der Waals surface area contributed by atoms with E-state index < -0.39 is 18.4 Å². The largest absolute Gasteiger partial charge is 0.466 e. The van der Waals surface area contributed by atoms with Gasteiger partial charge in [0.1, 0.15) is 11.9 Å². The van der Waals surface area contributed by atoms with Crippen LogP contribution in [0.1, 0.15) is 13.8 Å². The molecule has 8 nitrogen and oxygen atoms in total. The topological polar surface area (TPSA) is 88.2 Å². The number of fused-ring (bicyclic) bond motifs is 1. The fourth-order valence-electron chi connectivity index (χ4n) is 2.95. The van der Waals surface area contributed by atoms with Crippen molar-refractivity contribution in [3.8, 4) is 5.75 Å². The van der Waals surface area contributed by atoms with Crippen LogP contribution in [-0.2, 0) is 14.3 Å². The van der Waals surface area contributed by atoms with Crippen LogP contribution >= 0.6 is 0 Å². The maximum absolute atomic E-state index is 12.2. The minimum Gasteiger partial charge on any atom is -0.466 e. The van der Waals surface area contributed by atoms with Gasteiger partial charge in [0, 0.05) is 6.92 Å². The molecule has 2 aliphatic rings. The molecule has 128 valence electrons. The van der Waals surface area contributed by atoms with Crippen LogP contribution in [0.15, 0.2) is 24.3 Å². The Morgan fingerprint density at radius 2 is 2.12 bits per heavy atom. The predicted octanol–water partition coefficient (Wildman–Crippen LogP) is 0.713. The minimum atomic E-state index is -0.653. The molecule has 0 saturated carbocycles. The molecule has 0 bridgehead atoms. The average molecular weight is 333 g/mol. The molecule has 3 amide bonds. The predicted molar refractivity (Wildman–Crippen MR) is 84.5 cm³/mol. The summed E-state index contributed by atoms with van der Waals surface area (Å²) in [7, 11) is 0. The lowest BCUT2D eigenvalue weighted by molar-refractivity contribution is -0.119. The van der Waals surface area contributed by atoms with Gasteiger partial charge in [-0.05, 0) is 19.1 Å². The first-order valence-electron chi connectivity index (χ1n) is 7.72. The first-order valence-corrected chi connectivity index (χ1v) is 7.72. The first-order chi connectivity index (χ1) is 11.5. The van der Waals surface area contributed by atoms with Crippen LogP contribution in [0.25, 0.3) is 0 Å². The number of benzene rings is 1. The molecule has 1 N–H and O–H groups in total. The highest BCUT2D eigenvalue weighted by molar-refractivity contribution is 5.81. The summed E-state index contributed by atoms with van der Waals surface area (Å²) in [6.07, 6.45) is -0.888. The molecule has 2 aliphatic heterocycles. The van der Waals surface area contributed by atoms with Gasteiger partial charge in [0.05, 0.1) is 24.8 Å². The zero-order valence-corrected chi connectivity index (χ0v) is 13.5. The van der Waals surface area contributed by atoms with E-state index in [1.54, 1.807) is 18.2 Å². The van der Waals surface area contributed by atoms with Gasteiger partial charge in [0.25, 0.3) is 0 Å². The molecule has 1 saturated heterocycles. The van der Waals surface area contributed by atoms with E-state index in [-0.39, 0.29) is 25.0 Å². The van der Waals surface area contributed by atoms with Gasteiger partial charge < -0.3 is 19.7 Å². The minimum absolute atomic E-state index is 0.187. The van der Waals surface area contributed by atoms with Crippen molar-refractivity contribution in [2.45, 2.75) is 32.2 Å². The van der Waals surface area contributed by atoms with Crippen LogP contribution in [0.3, 0.4) is 0 Å². The van der Waals surface area contributed by atoms with E-state index in [0.717, 1.165) is 6.41 Å². The highest BCUT2D eigenvalue weighted by atomic mass is 16.6. The fourth-order valence-corrected chi connectivity index (χ4v) is 2.95. The number of rotatable bonds is 4. The maximum atomic E-state index is 12.2. The van der Waals surface area contributed by atoms with E-state index in [2.05, 4.69) is 5.32 Å². The Morgan fingerprint density at radius 1 is 1.38 bits per heavy atom. The van der Waals surface area contributed by atoms with Gasteiger partial charge in [-0.2, -0.15) is 0 Å². The number of anilines is 1. The molecule has 0 spiro atoms. The smallest absolute Gasteiger partial charge is 0.413 e. The lowest BCUT2D eigenvalue weighted by Gasteiger charge is -2.41. The van der Waals surface area contributed by atoms with Crippen molar-refractivity contribution in [3.05, 3.63) is 24.3 Å². The molecule has 1 fully saturated rings. The Balaban J connectivity index is 1.78. The second-order valence-electron chi connectivity index (χ2n) is 5.82. The summed E-state index contributed by atoms with van der Waals surface area (Å²) in [5, 5.41) is 2.63. The van der Waals surface area contributed by atoms with Crippen LogP contribution in [0, 0.1) is 0 Å². The quantitative estimate of drug-likeness (QED) is 0.820. The van der Waals surface area contributed by atoms with E-state index in [1.807, 2.05) is 13.0 Å². The standard InChI is InChI=1S/C16H19N3O5/c1-10-15(18-8-12(23-16(18)22)7-17-11(2)21)24-14-6-4-3-5-13(14)19(10)9-20/h3-6,9-10,12,15H,7-8H2,1-2H3,(H,17,21)/t10?,12-,15?/m0/s1. The molecule has 3 atom stereocenters. The van der Waals surface area contributed by atoms with Crippen molar-refractivity contribution >= 4 is 24.1 Å². The van der Waals surface area contributed by atoms with Crippen molar-refractivity contribution in [3.63, 3.8) is 0 Å². The van der Waals surface area contributed by atoms with Crippen LogP contribution in [0.5, 0.6) is 5.75 Å². The molecular weight excluding hydrogens is 314 g/mol. The molecule has 2 unspecified atom stereocenters. The first kappa shape index (κ1) is 16.1. The van der Waals surface area contributed by atoms with Gasteiger partial charge in [-0.1, -0.05) is 12.1 Å². The molecule has 1 aromatic carbocycles. The number of hydrogen-bond donors (Lipinski definition) is 1. The van der Waals surface area contributed by atoms with Crippen molar-refractivity contribution in [1.82, 2.24) is 10.2 Å². The lowest BCUT2D eigenvalue weighted by Crippen LogP contribution is -2.56. The van der Waals surface area contributed by atoms with Gasteiger partial charge in [-0.3, -0.25) is 14.5 Å². The summed E-state index contributed by atoms with van der Waals surface area (Å²) in [4.78, 5) is 37.7. The number of cyclic esters (lactones) is 1. The second kappa shape index (κ2) is 6.38. The molecular formula is C16H19N3O5. The summed E-state index contributed by atoms with van der Waals surface area (Å²) in [5.74, 6) is 0.346. The summed E-state index contributed by atoms with van der Waals surface area (Å²) >= 11 is 0. The fraction of sp³-hybridized carbons (Fsp3) is 0.438. The third kappa shape index (κ3) is 2.86. The third-order valence-corrected chi connectivity index (χ3v) is 4.14. The number of carbonyl (C=O) groups excluding carboxylic acids is 3. The molecule has 2 heterocycles. The molecule has 0 radical (unpaired) electrons. The Kier molecular flexibility index (Phi) is 4.28. The van der Waals surface area contributed by atoms with Gasteiger partial charge in [-0.15, -0.1) is 0 Å². The highest BCUT2D eigenvalue weighted by Gasteiger charge is 2.44. The van der Waals surface area contributed by atoms with Gasteiger partial charge in [0.15, 0.2) is 6.23 Å². The normalized spacial score (nSPS) is 25.6. The van der Waals surface area contributed by atoms with E-state index >= 15 is 0 Å². The molecule has 3 rings (SSSR count). The van der Waals surface area contributed by atoms with Gasteiger partial charge in [0.2, 0.25) is 12.3 Å². The molecule has 0 aromatic heterocycles. The van der Waals surface area contributed by atoms with Crippen molar-refractivity contribution in [2.75, 3.05) is 18.0 Å². The average Bonchev–Trinajstić information content (AvgIpc) is 2.93. The monoisotopic (exact) mass is 333 g/mol. The Labute approximate surface area is 139 Å². The number of carbonyl (C=O) groups is 3. The van der Waals surface area contributed by atoms with Crippen LogP contribution in [0.2, 0.25) is 0 Å². The number of para-hydroxylation sites is 2. The number of nitrogens with zero attached hydrogens (tertiary/aromatic N) is 2. The van der Waals surface area contributed by atoms with Gasteiger partial charge in [-0.25, -0.2) is 4.79 Å².